The fourth-order valence-electron chi connectivity index (χ4n) is 14.5. The molecule has 0 heterocycles. The van der Waals surface area contributed by atoms with Gasteiger partial charge < -0.3 is 33.8 Å². The summed E-state index contributed by atoms with van der Waals surface area (Å²) < 4.78 is 69.1. The van der Waals surface area contributed by atoms with Crippen molar-refractivity contribution in [3.63, 3.8) is 0 Å². The molecule has 111 heavy (non-hydrogen) atoms. The summed E-state index contributed by atoms with van der Waals surface area (Å²) in [6.07, 6.45) is 80.6. The van der Waals surface area contributed by atoms with E-state index >= 15 is 0 Å². The zero-order valence-electron chi connectivity index (χ0n) is 73.1. The number of phosphoric acid groups is 2. The average Bonchev–Trinajstić information content (AvgIpc) is 0.899. The molecule has 660 valence electrons. The zero-order chi connectivity index (χ0) is 81.1. The molecular weight excluding hydrogens is 1440 g/mol. The van der Waals surface area contributed by atoms with Crippen LogP contribution in [0.2, 0.25) is 0 Å². The van der Waals surface area contributed by atoms with Gasteiger partial charge in [-0.05, 0) is 31.6 Å². The van der Waals surface area contributed by atoms with Gasteiger partial charge in [-0.2, -0.15) is 0 Å². The van der Waals surface area contributed by atoms with Gasteiger partial charge >= 0.3 is 39.5 Å². The van der Waals surface area contributed by atoms with E-state index in [0.717, 1.165) is 95.8 Å². The molecule has 3 unspecified atom stereocenters. The SMILES string of the molecule is CCCCCCCCCCCCCCCCCCCCCCCCC(=O)OC[C@H](COP(=O)(O)OC[C@@H](O)COP(=O)(O)OC[C@@H](COC(=O)CCCCCCCCCCCCC)OC(=O)CCCCCCCCCCCCCCCCCC)OC(=O)CCCCCCCCCCCCCCCCCCCCC(C)CC. The first-order valence-electron chi connectivity index (χ1n) is 47.7. The van der Waals surface area contributed by atoms with Crippen molar-refractivity contribution in [2.24, 2.45) is 5.92 Å². The van der Waals surface area contributed by atoms with Gasteiger partial charge in [-0.3, -0.25) is 37.3 Å². The molecule has 19 heteroatoms. The largest absolute Gasteiger partial charge is 0.472 e. The second-order valence-corrected chi connectivity index (χ2v) is 36.2. The van der Waals surface area contributed by atoms with Gasteiger partial charge in [-0.25, -0.2) is 9.13 Å². The van der Waals surface area contributed by atoms with Crippen molar-refractivity contribution in [1.82, 2.24) is 0 Å². The lowest BCUT2D eigenvalue weighted by Gasteiger charge is -2.21. The molecule has 0 spiro atoms. The first kappa shape index (κ1) is 109. The molecule has 0 saturated carbocycles. The Morgan fingerprint density at radius 1 is 0.252 bits per heavy atom. The highest BCUT2D eigenvalue weighted by Crippen LogP contribution is 2.45. The monoisotopic (exact) mass is 1620 g/mol. The van der Waals surface area contributed by atoms with E-state index in [9.17, 15) is 43.2 Å². The molecule has 0 rings (SSSR count). The van der Waals surface area contributed by atoms with E-state index in [4.69, 9.17) is 37.0 Å². The van der Waals surface area contributed by atoms with E-state index in [1.165, 1.54) is 327 Å². The van der Waals surface area contributed by atoms with Crippen LogP contribution in [0.3, 0.4) is 0 Å². The molecule has 0 saturated heterocycles. The summed E-state index contributed by atoms with van der Waals surface area (Å²) in [6, 6.07) is 0. The predicted molar refractivity (Wildman–Crippen MR) is 460 cm³/mol. The molecule has 0 aromatic rings. The van der Waals surface area contributed by atoms with Crippen molar-refractivity contribution >= 4 is 39.5 Å². The van der Waals surface area contributed by atoms with Crippen molar-refractivity contribution in [1.29, 1.82) is 0 Å². The molecule has 0 aliphatic heterocycles. The summed E-state index contributed by atoms with van der Waals surface area (Å²) in [5.41, 5.74) is 0. The number of hydrogen-bond acceptors (Lipinski definition) is 15. The third-order valence-electron chi connectivity index (χ3n) is 22.1. The van der Waals surface area contributed by atoms with Gasteiger partial charge in [-0.1, -0.05) is 452 Å². The maximum absolute atomic E-state index is 13.2. The first-order valence-corrected chi connectivity index (χ1v) is 50.7. The highest BCUT2D eigenvalue weighted by molar-refractivity contribution is 7.47. The van der Waals surface area contributed by atoms with Gasteiger partial charge in [0.2, 0.25) is 0 Å². The number of aliphatic hydroxyl groups excluding tert-OH is 1. The van der Waals surface area contributed by atoms with Crippen molar-refractivity contribution < 1.29 is 80.2 Å². The predicted octanol–water partition coefficient (Wildman–Crippen LogP) is 28.7. The third kappa shape index (κ3) is 84.3. The number of carbonyl (C=O) groups is 4. The minimum absolute atomic E-state index is 0.109. The summed E-state index contributed by atoms with van der Waals surface area (Å²) in [4.78, 5) is 73.4. The quantitative estimate of drug-likeness (QED) is 0.0222. The van der Waals surface area contributed by atoms with Gasteiger partial charge in [0, 0.05) is 25.7 Å². The van der Waals surface area contributed by atoms with E-state index < -0.39 is 97.5 Å². The molecule has 0 aliphatic carbocycles. The number of rotatable bonds is 92. The van der Waals surface area contributed by atoms with E-state index in [1.807, 2.05) is 0 Å². The minimum Gasteiger partial charge on any atom is -0.462 e. The van der Waals surface area contributed by atoms with Gasteiger partial charge in [0.1, 0.15) is 19.3 Å². The third-order valence-corrected chi connectivity index (χ3v) is 24.0. The van der Waals surface area contributed by atoms with E-state index in [0.29, 0.717) is 25.7 Å². The second-order valence-electron chi connectivity index (χ2n) is 33.3. The van der Waals surface area contributed by atoms with Crippen LogP contribution in [0.1, 0.15) is 503 Å². The van der Waals surface area contributed by atoms with Crippen LogP contribution < -0.4 is 0 Å². The molecule has 0 aromatic heterocycles. The van der Waals surface area contributed by atoms with Crippen molar-refractivity contribution in [2.45, 2.75) is 522 Å². The Balaban J connectivity index is 5.22. The molecule has 0 aromatic carbocycles. The number of hydrogen-bond donors (Lipinski definition) is 3. The number of unbranched alkanes of at least 4 members (excludes halogenated alkanes) is 63. The number of aliphatic hydroxyl groups is 1. The Morgan fingerprint density at radius 2 is 0.432 bits per heavy atom. The van der Waals surface area contributed by atoms with Gasteiger partial charge in [0.05, 0.1) is 26.4 Å². The summed E-state index contributed by atoms with van der Waals surface area (Å²) >= 11 is 0. The molecule has 0 radical (unpaired) electrons. The summed E-state index contributed by atoms with van der Waals surface area (Å²) in [7, 11) is -9.93. The van der Waals surface area contributed by atoms with Crippen LogP contribution in [0.25, 0.3) is 0 Å². The molecule has 0 bridgehead atoms. The Bertz CT molecular complexity index is 2100. The van der Waals surface area contributed by atoms with Gasteiger partial charge in [0.25, 0.3) is 0 Å². The van der Waals surface area contributed by atoms with Crippen LogP contribution in [-0.2, 0) is 65.4 Å². The Hall–Kier alpha value is -1.94. The van der Waals surface area contributed by atoms with E-state index in [-0.39, 0.29) is 25.7 Å². The van der Waals surface area contributed by atoms with Crippen LogP contribution in [0, 0.1) is 5.92 Å². The lowest BCUT2D eigenvalue weighted by atomic mass is 9.99. The Morgan fingerprint density at radius 3 is 0.640 bits per heavy atom. The second kappa shape index (κ2) is 84.5. The van der Waals surface area contributed by atoms with Crippen molar-refractivity contribution in [3.05, 3.63) is 0 Å². The normalized spacial score (nSPS) is 13.9. The molecule has 3 N–H and O–H groups in total. The molecule has 17 nitrogen and oxygen atoms in total. The van der Waals surface area contributed by atoms with Gasteiger partial charge in [0.15, 0.2) is 12.2 Å². The molecule has 0 aliphatic rings. The van der Waals surface area contributed by atoms with E-state index in [1.54, 1.807) is 0 Å². The van der Waals surface area contributed by atoms with Crippen LogP contribution in [0.15, 0.2) is 0 Å². The lowest BCUT2D eigenvalue weighted by molar-refractivity contribution is -0.161. The lowest BCUT2D eigenvalue weighted by Crippen LogP contribution is -2.30. The standard InChI is InChI=1S/C92H180O17P2/c1-6-10-13-16-19-22-25-27-29-31-32-33-34-35-39-43-46-51-56-61-66-71-76-90(95)103-82-88(109-92(97)78-73-68-63-58-53-48-44-40-37-36-38-41-45-50-54-59-64-69-74-85(5)9-4)84-107-111(100,101)105-80-86(93)79-104-110(98,99)106-83-87(81-102-89(94)75-70-65-60-55-49-24-21-18-15-12-8-3)108-91(96)77-72-67-62-57-52-47-42-30-28-26-23-20-17-14-11-7-2/h85-88,93H,6-84H2,1-5H3,(H,98,99)(H,100,101)/t85?,86-,87+,88+/m0/s1. The van der Waals surface area contributed by atoms with Crippen LogP contribution in [-0.4, -0.2) is 96.7 Å². The van der Waals surface area contributed by atoms with E-state index in [2.05, 4.69) is 34.6 Å². The highest BCUT2D eigenvalue weighted by Gasteiger charge is 2.31. The smallest absolute Gasteiger partial charge is 0.462 e. The van der Waals surface area contributed by atoms with Gasteiger partial charge in [-0.15, -0.1) is 0 Å². The molecular formula is C92H180O17P2. The number of esters is 4. The topological polar surface area (TPSA) is 237 Å². The summed E-state index contributed by atoms with van der Waals surface area (Å²) in [6.45, 7) is 7.46. The maximum Gasteiger partial charge on any atom is 0.472 e. The Kier molecular flexibility index (Phi) is 83.0. The van der Waals surface area contributed by atoms with Crippen LogP contribution in [0.4, 0.5) is 0 Å². The van der Waals surface area contributed by atoms with Crippen molar-refractivity contribution in [3.8, 4) is 0 Å². The van der Waals surface area contributed by atoms with Crippen LogP contribution in [0.5, 0.6) is 0 Å². The minimum atomic E-state index is -4.97. The molecule has 6 atom stereocenters. The summed E-state index contributed by atoms with van der Waals surface area (Å²) in [5, 5.41) is 10.7. The zero-order valence-corrected chi connectivity index (χ0v) is 74.9. The number of phosphoric ester groups is 2. The first-order chi connectivity index (χ1) is 54.1. The fraction of sp³-hybridized carbons (Fsp3) is 0.957. The fourth-order valence-corrected chi connectivity index (χ4v) is 16.1. The summed E-state index contributed by atoms with van der Waals surface area (Å²) in [5.74, 6) is -1.22. The molecule has 0 amide bonds. The van der Waals surface area contributed by atoms with Crippen molar-refractivity contribution in [2.75, 3.05) is 39.6 Å². The number of ether oxygens (including phenoxy) is 4. The van der Waals surface area contributed by atoms with Crippen LogP contribution >= 0.6 is 15.6 Å². The molecule has 0 fully saturated rings. The maximum atomic E-state index is 13.2. The Labute approximate surface area is 683 Å². The average molecular weight is 1620 g/mol. The number of carbonyl (C=O) groups excluding carboxylic acids is 4. The highest BCUT2D eigenvalue weighted by atomic mass is 31.2.